The number of benzene rings is 1. The molecule has 0 spiro atoms. The van der Waals surface area contributed by atoms with Crippen molar-refractivity contribution in [3.8, 4) is 0 Å². The Balaban J connectivity index is 1.49. The summed E-state index contributed by atoms with van der Waals surface area (Å²) < 4.78 is 0. The third-order valence-electron chi connectivity index (χ3n) is 5.53. The van der Waals surface area contributed by atoms with E-state index < -0.39 is 0 Å². The molecule has 0 aliphatic carbocycles. The van der Waals surface area contributed by atoms with Gasteiger partial charge in [-0.15, -0.1) is 0 Å². The number of hydrogen-bond acceptors (Lipinski definition) is 3. The van der Waals surface area contributed by atoms with E-state index in [1.165, 1.54) is 49.4 Å². The highest BCUT2D eigenvalue weighted by molar-refractivity contribution is 7.99. The van der Waals surface area contributed by atoms with E-state index in [0.717, 1.165) is 29.3 Å². The van der Waals surface area contributed by atoms with Crippen LogP contribution < -0.4 is 5.32 Å². The molecule has 0 aromatic heterocycles. The van der Waals surface area contributed by atoms with Crippen molar-refractivity contribution in [3.63, 3.8) is 0 Å². The Morgan fingerprint density at radius 2 is 1.83 bits per heavy atom. The monoisotopic (exact) mass is 346 g/mol. The molecule has 132 valence electrons. The zero-order valence-corrected chi connectivity index (χ0v) is 16.0. The van der Waals surface area contributed by atoms with E-state index in [-0.39, 0.29) is 5.91 Å². The van der Waals surface area contributed by atoms with Gasteiger partial charge in [0, 0.05) is 23.9 Å². The van der Waals surface area contributed by atoms with Crippen molar-refractivity contribution in [2.75, 3.05) is 31.1 Å². The summed E-state index contributed by atoms with van der Waals surface area (Å²) in [6.07, 6.45) is 3.79. The highest BCUT2D eigenvalue weighted by Crippen LogP contribution is 2.26. The zero-order chi connectivity index (χ0) is 17.1. The number of likely N-dealkylation sites (tertiary alicyclic amines) is 1. The molecule has 2 aliphatic heterocycles. The lowest BCUT2D eigenvalue weighted by Gasteiger charge is -2.35. The Hall–Kier alpha value is -1.00. The smallest absolute Gasteiger partial charge is 0.251 e. The molecule has 4 heteroatoms. The van der Waals surface area contributed by atoms with E-state index in [1.807, 2.05) is 13.8 Å². The van der Waals surface area contributed by atoms with Crippen molar-refractivity contribution in [1.82, 2.24) is 10.2 Å². The van der Waals surface area contributed by atoms with Gasteiger partial charge in [-0.25, -0.2) is 0 Å². The van der Waals surface area contributed by atoms with Crippen LogP contribution in [0.2, 0.25) is 0 Å². The van der Waals surface area contributed by atoms with Gasteiger partial charge in [-0.3, -0.25) is 9.69 Å². The van der Waals surface area contributed by atoms with Crippen molar-refractivity contribution in [2.45, 2.75) is 46.1 Å². The Morgan fingerprint density at radius 3 is 2.42 bits per heavy atom. The first-order valence-electron chi connectivity index (χ1n) is 9.22. The number of nitrogens with zero attached hydrogens (tertiary/aromatic N) is 1. The molecular weight excluding hydrogens is 316 g/mol. The lowest BCUT2D eigenvalue weighted by atomic mass is 9.94. The van der Waals surface area contributed by atoms with Crippen molar-refractivity contribution in [1.29, 1.82) is 0 Å². The van der Waals surface area contributed by atoms with Crippen LogP contribution in [0.25, 0.3) is 0 Å². The van der Waals surface area contributed by atoms with Crippen LogP contribution in [-0.4, -0.2) is 48.0 Å². The highest BCUT2D eigenvalue weighted by Gasteiger charge is 2.27. The van der Waals surface area contributed by atoms with Crippen molar-refractivity contribution < 1.29 is 4.79 Å². The predicted octanol–water partition coefficient (Wildman–Crippen LogP) is 3.56. The fourth-order valence-corrected chi connectivity index (χ4v) is 5.45. The Kier molecular flexibility index (Phi) is 5.88. The van der Waals surface area contributed by atoms with Gasteiger partial charge in [0.1, 0.15) is 0 Å². The highest BCUT2D eigenvalue weighted by atomic mass is 32.2. The van der Waals surface area contributed by atoms with Crippen LogP contribution >= 0.6 is 11.8 Å². The third-order valence-corrected chi connectivity index (χ3v) is 6.67. The van der Waals surface area contributed by atoms with E-state index in [0.29, 0.717) is 5.92 Å². The molecule has 1 unspecified atom stereocenters. The molecule has 1 atom stereocenters. The molecule has 3 nitrogen and oxygen atoms in total. The van der Waals surface area contributed by atoms with Gasteiger partial charge in [0.25, 0.3) is 5.91 Å². The predicted molar refractivity (Wildman–Crippen MR) is 103 cm³/mol. The molecule has 2 fully saturated rings. The van der Waals surface area contributed by atoms with Crippen LogP contribution in [0.4, 0.5) is 0 Å². The second-order valence-corrected chi connectivity index (χ2v) is 8.63. The maximum absolute atomic E-state index is 12.6. The molecule has 24 heavy (non-hydrogen) atoms. The largest absolute Gasteiger partial charge is 0.352 e. The molecule has 1 N–H and O–H groups in total. The van der Waals surface area contributed by atoms with E-state index in [2.05, 4.69) is 41.0 Å². The van der Waals surface area contributed by atoms with Crippen LogP contribution in [0.5, 0.6) is 0 Å². The summed E-state index contributed by atoms with van der Waals surface area (Å²) in [6, 6.07) is 5.00. The summed E-state index contributed by atoms with van der Waals surface area (Å²) in [6.45, 7) is 9.37. The fourth-order valence-electron chi connectivity index (χ4n) is 4.20. The normalized spacial score (nSPS) is 22.7. The van der Waals surface area contributed by atoms with Gasteiger partial charge < -0.3 is 5.32 Å². The maximum Gasteiger partial charge on any atom is 0.251 e. The van der Waals surface area contributed by atoms with Gasteiger partial charge in [0.2, 0.25) is 0 Å². The topological polar surface area (TPSA) is 32.3 Å². The first-order valence-corrected chi connectivity index (χ1v) is 10.4. The summed E-state index contributed by atoms with van der Waals surface area (Å²) in [5.41, 5.74) is 4.25. The van der Waals surface area contributed by atoms with Crippen molar-refractivity contribution >= 4 is 17.7 Å². The summed E-state index contributed by atoms with van der Waals surface area (Å²) in [5, 5.41) is 3.19. The second kappa shape index (κ2) is 7.92. The number of amides is 1. The summed E-state index contributed by atoms with van der Waals surface area (Å²) in [5.74, 6) is 3.37. The molecule has 1 aromatic rings. The Labute approximate surface area is 150 Å². The van der Waals surface area contributed by atoms with Crippen LogP contribution in [0.15, 0.2) is 12.1 Å². The Morgan fingerprint density at radius 1 is 1.17 bits per heavy atom. The van der Waals surface area contributed by atoms with Crippen LogP contribution in [0, 0.1) is 26.7 Å². The van der Waals surface area contributed by atoms with Crippen LogP contribution in [0.1, 0.15) is 46.3 Å². The maximum atomic E-state index is 12.6. The average Bonchev–Trinajstić information content (AvgIpc) is 3.07. The quantitative estimate of drug-likeness (QED) is 0.905. The number of piperidine rings is 1. The van der Waals surface area contributed by atoms with Gasteiger partial charge in [0.15, 0.2) is 0 Å². The lowest BCUT2D eigenvalue weighted by Crippen LogP contribution is -2.43. The molecule has 2 saturated heterocycles. The SMILES string of the molecule is Cc1cc(C)c(C(=O)NCC2CCN(C3CCSC3)CC2)c(C)c1. The molecule has 3 rings (SSSR count). The van der Waals surface area contributed by atoms with E-state index in [9.17, 15) is 4.79 Å². The molecule has 2 aliphatic rings. The molecule has 1 amide bonds. The number of hydrogen-bond donors (Lipinski definition) is 1. The molecule has 2 heterocycles. The number of nitrogens with one attached hydrogen (secondary N) is 1. The fraction of sp³-hybridized carbons (Fsp3) is 0.650. The number of rotatable bonds is 4. The molecular formula is C20H30N2OS. The number of aryl methyl sites for hydroxylation is 3. The minimum Gasteiger partial charge on any atom is -0.352 e. The number of carbonyl (C=O) groups excluding carboxylic acids is 1. The van der Waals surface area contributed by atoms with E-state index >= 15 is 0 Å². The average molecular weight is 347 g/mol. The van der Waals surface area contributed by atoms with Gasteiger partial charge in [-0.1, -0.05) is 17.7 Å². The van der Waals surface area contributed by atoms with Crippen LogP contribution in [0.3, 0.4) is 0 Å². The van der Waals surface area contributed by atoms with Gasteiger partial charge >= 0.3 is 0 Å². The minimum absolute atomic E-state index is 0.0969. The van der Waals surface area contributed by atoms with E-state index in [1.54, 1.807) is 0 Å². The summed E-state index contributed by atoms with van der Waals surface area (Å²) in [4.78, 5) is 15.3. The van der Waals surface area contributed by atoms with Crippen LogP contribution in [-0.2, 0) is 0 Å². The molecule has 0 saturated carbocycles. The third kappa shape index (κ3) is 4.15. The van der Waals surface area contributed by atoms with Crippen molar-refractivity contribution in [3.05, 3.63) is 34.4 Å². The first-order chi connectivity index (χ1) is 11.5. The van der Waals surface area contributed by atoms with Gasteiger partial charge in [0.05, 0.1) is 0 Å². The van der Waals surface area contributed by atoms with E-state index in [4.69, 9.17) is 0 Å². The van der Waals surface area contributed by atoms with Crippen molar-refractivity contribution in [2.24, 2.45) is 5.92 Å². The number of thioether (sulfide) groups is 1. The Bertz CT molecular complexity index is 564. The molecule has 0 bridgehead atoms. The van der Waals surface area contributed by atoms with Gasteiger partial charge in [-0.2, -0.15) is 11.8 Å². The van der Waals surface area contributed by atoms with Gasteiger partial charge in [-0.05, 0) is 75.9 Å². The standard InChI is InChI=1S/C20H30N2OS/c1-14-10-15(2)19(16(3)11-14)20(23)21-12-17-4-7-22(8-5-17)18-6-9-24-13-18/h10-11,17-18H,4-9,12-13H2,1-3H3,(H,21,23). The molecule has 1 aromatic carbocycles. The first kappa shape index (κ1) is 17.8. The second-order valence-electron chi connectivity index (χ2n) is 7.48. The lowest BCUT2D eigenvalue weighted by molar-refractivity contribution is 0.0927. The molecule has 0 radical (unpaired) electrons. The summed E-state index contributed by atoms with van der Waals surface area (Å²) in [7, 11) is 0. The summed E-state index contributed by atoms with van der Waals surface area (Å²) >= 11 is 2.09. The zero-order valence-electron chi connectivity index (χ0n) is 15.2. The number of carbonyl (C=O) groups is 1. The minimum atomic E-state index is 0.0969.